The van der Waals surface area contributed by atoms with Gasteiger partial charge in [-0.25, -0.2) is 0 Å². The zero-order valence-electron chi connectivity index (χ0n) is 10.1. The van der Waals surface area contributed by atoms with Crippen molar-refractivity contribution in [3.05, 3.63) is 0 Å². The summed E-state index contributed by atoms with van der Waals surface area (Å²) in [6.45, 7) is 8.53. The Morgan fingerprint density at radius 1 is 1.12 bits per heavy atom. The number of likely N-dealkylation sites (N-methyl/N-ethyl adjacent to an activating group) is 1. The second kappa shape index (κ2) is 7.09. The highest BCUT2D eigenvalue weighted by Gasteiger charge is 2.42. The van der Waals surface area contributed by atoms with Crippen LogP contribution in [0.3, 0.4) is 0 Å². The summed E-state index contributed by atoms with van der Waals surface area (Å²) in [5.41, 5.74) is 0. The molecule has 1 rings (SSSR count). The van der Waals surface area contributed by atoms with Gasteiger partial charge >= 0.3 is 6.18 Å². The summed E-state index contributed by atoms with van der Waals surface area (Å²) in [5, 5.41) is 8.95. The van der Waals surface area contributed by atoms with Gasteiger partial charge in [0.2, 0.25) is 6.23 Å². The molecule has 0 aromatic carbocycles. The average molecular weight is 242 g/mol. The molecule has 0 radical (unpaired) electrons. The molecule has 1 atom stereocenters. The molecule has 6 heteroatoms. The molecule has 0 bridgehead atoms. The lowest BCUT2D eigenvalue weighted by molar-refractivity contribution is -0.253. The Labute approximate surface area is 94.8 Å². The van der Waals surface area contributed by atoms with Crippen LogP contribution in [0.15, 0.2) is 0 Å². The van der Waals surface area contributed by atoms with Crippen LogP contribution >= 0.6 is 0 Å². The van der Waals surface area contributed by atoms with Gasteiger partial charge in [-0.2, -0.15) is 13.2 Å². The third kappa shape index (κ3) is 4.67. The van der Waals surface area contributed by atoms with Crippen molar-refractivity contribution in [1.82, 2.24) is 9.80 Å². The smallest absolute Gasteiger partial charge is 0.370 e. The molecule has 0 amide bonds. The van der Waals surface area contributed by atoms with Crippen molar-refractivity contribution in [3.63, 3.8) is 0 Å². The maximum Gasteiger partial charge on any atom is 0.428 e. The fourth-order valence-electron chi connectivity index (χ4n) is 1.53. The minimum Gasteiger partial charge on any atom is -0.370 e. The van der Waals surface area contributed by atoms with E-state index in [4.69, 9.17) is 5.11 Å². The lowest BCUT2D eigenvalue weighted by Crippen LogP contribution is -2.54. The van der Waals surface area contributed by atoms with Crippen LogP contribution in [0.4, 0.5) is 13.2 Å². The van der Waals surface area contributed by atoms with Crippen molar-refractivity contribution in [3.8, 4) is 0 Å². The fraction of sp³-hybridized carbons (Fsp3) is 1.00. The topological polar surface area (TPSA) is 26.7 Å². The highest BCUT2D eigenvalue weighted by molar-refractivity contribution is 4.76. The molecule has 1 aliphatic rings. The number of halogens is 3. The third-order valence-corrected chi connectivity index (χ3v) is 2.49. The summed E-state index contributed by atoms with van der Waals surface area (Å²) in [5.74, 6) is 0. The molecule has 98 valence electrons. The van der Waals surface area contributed by atoms with E-state index in [1.165, 1.54) is 0 Å². The first-order valence-electron chi connectivity index (χ1n) is 5.66. The van der Waals surface area contributed by atoms with Gasteiger partial charge in [-0.1, -0.05) is 20.8 Å². The van der Waals surface area contributed by atoms with Crippen LogP contribution in [0.5, 0.6) is 0 Å². The van der Waals surface area contributed by atoms with E-state index in [1.807, 2.05) is 20.8 Å². The predicted octanol–water partition coefficient (Wildman–Crippen LogP) is 1.53. The van der Waals surface area contributed by atoms with Crippen LogP contribution in [0.1, 0.15) is 20.8 Å². The van der Waals surface area contributed by atoms with E-state index in [0.29, 0.717) is 13.1 Å². The molecule has 3 nitrogen and oxygen atoms in total. The van der Waals surface area contributed by atoms with Gasteiger partial charge in [0.05, 0.1) is 0 Å². The molecule has 16 heavy (non-hydrogen) atoms. The first kappa shape index (κ1) is 15.7. The van der Waals surface area contributed by atoms with Gasteiger partial charge in [0.25, 0.3) is 0 Å². The van der Waals surface area contributed by atoms with E-state index >= 15 is 0 Å². The van der Waals surface area contributed by atoms with Crippen LogP contribution in [0, 0.1) is 0 Å². The number of aliphatic hydroxyl groups is 1. The Bertz CT molecular complexity index is 179. The largest absolute Gasteiger partial charge is 0.428 e. The maximum absolute atomic E-state index is 12.1. The van der Waals surface area contributed by atoms with E-state index in [-0.39, 0.29) is 13.1 Å². The number of hydrogen-bond acceptors (Lipinski definition) is 3. The first-order chi connectivity index (χ1) is 7.45. The number of rotatable bonds is 2. The zero-order valence-corrected chi connectivity index (χ0v) is 10.1. The van der Waals surface area contributed by atoms with Gasteiger partial charge in [0.1, 0.15) is 0 Å². The predicted molar refractivity (Wildman–Crippen MR) is 57.1 cm³/mol. The Morgan fingerprint density at radius 3 is 1.88 bits per heavy atom. The van der Waals surface area contributed by atoms with Crippen molar-refractivity contribution in [1.29, 1.82) is 0 Å². The maximum atomic E-state index is 12.1. The van der Waals surface area contributed by atoms with Crippen molar-refractivity contribution >= 4 is 0 Å². The molecule has 1 fully saturated rings. The van der Waals surface area contributed by atoms with Crippen LogP contribution < -0.4 is 0 Å². The number of nitrogens with zero attached hydrogens (tertiary/aromatic N) is 2. The number of hydrogen-bond donors (Lipinski definition) is 1. The number of piperazine rings is 1. The molecule has 0 aromatic heterocycles. The highest BCUT2D eigenvalue weighted by atomic mass is 19.4. The normalized spacial score (nSPS) is 21.2. The lowest BCUT2D eigenvalue weighted by atomic mass is 10.3. The number of alkyl halides is 3. The molecule has 1 saturated heterocycles. The summed E-state index contributed by atoms with van der Waals surface area (Å²) < 4.78 is 36.3. The molecule has 1 N–H and O–H groups in total. The third-order valence-electron chi connectivity index (χ3n) is 2.49. The van der Waals surface area contributed by atoms with Crippen molar-refractivity contribution in [2.45, 2.75) is 33.2 Å². The molecule has 0 spiro atoms. The molecule has 0 aromatic rings. The molecule has 1 unspecified atom stereocenters. The minimum absolute atomic E-state index is 0.272. The first-order valence-corrected chi connectivity index (χ1v) is 5.66. The monoisotopic (exact) mass is 242 g/mol. The van der Waals surface area contributed by atoms with Crippen LogP contribution in [0.2, 0.25) is 0 Å². The van der Waals surface area contributed by atoms with Gasteiger partial charge in [0, 0.05) is 26.2 Å². The summed E-state index contributed by atoms with van der Waals surface area (Å²) >= 11 is 0. The quantitative estimate of drug-likeness (QED) is 0.795. The van der Waals surface area contributed by atoms with Crippen LogP contribution in [0.25, 0.3) is 0 Å². The van der Waals surface area contributed by atoms with Gasteiger partial charge in [-0.15, -0.1) is 0 Å². The van der Waals surface area contributed by atoms with Crippen molar-refractivity contribution in [2.24, 2.45) is 0 Å². The van der Waals surface area contributed by atoms with E-state index in [1.54, 1.807) is 0 Å². The van der Waals surface area contributed by atoms with Gasteiger partial charge in [0.15, 0.2) is 0 Å². The van der Waals surface area contributed by atoms with E-state index in [0.717, 1.165) is 11.4 Å². The standard InChI is InChI=1S/C8H15F3N2O.C2H6/c1-2-12-3-5-13(6-4-12)7(14)8(9,10)11;1-2/h7,14H,2-6H2,1H3;1-2H3. The molecular formula is C10H21F3N2O. The Morgan fingerprint density at radius 2 is 1.56 bits per heavy atom. The Kier molecular flexibility index (Phi) is 6.94. The van der Waals surface area contributed by atoms with Crippen LogP contribution in [-0.2, 0) is 0 Å². The second-order valence-corrected chi connectivity index (χ2v) is 3.39. The molecule has 0 aliphatic carbocycles. The Balaban J connectivity index is 0.00000106. The number of aliphatic hydroxyl groups excluding tert-OH is 1. The van der Waals surface area contributed by atoms with Crippen LogP contribution in [-0.4, -0.2) is 60.0 Å². The van der Waals surface area contributed by atoms with Gasteiger partial charge in [-0.05, 0) is 6.54 Å². The summed E-state index contributed by atoms with van der Waals surface area (Å²) in [6.07, 6.45) is -6.84. The molecule has 1 aliphatic heterocycles. The zero-order chi connectivity index (χ0) is 12.8. The van der Waals surface area contributed by atoms with Gasteiger partial charge in [-0.3, -0.25) is 4.90 Å². The highest BCUT2D eigenvalue weighted by Crippen LogP contribution is 2.23. The van der Waals surface area contributed by atoms with E-state index in [9.17, 15) is 13.2 Å². The lowest BCUT2D eigenvalue weighted by Gasteiger charge is -2.37. The summed E-state index contributed by atoms with van der Waals surface area (Å²) in [6, 6.07) is 0. The van der Waals surface area contributed by atoms with E-state index in [2.05, 4.69) is 4.90 Å². The minimum atomic E-state index is -4.53. The van der Waals surface area contributed by atoms with E-state index < -0.39 is 12.4 Å². The van der Waals surface area contributed by atoms with Crippen molar-refractivity contribution < 1.29 is 18.3 Å². The molecular weight excluding hydrogens is 221 g/mol. The van der Waals surface area contributed by atoms with Crippen molar-refractivity contribution in [2.75, 3.05) is 32.7 Å². The molecule has 0 saturated carbocycles. The Hall–Kier alpha value is -0.330. The summed E-state index contributed by atoms with van der Waals surface area (Å²) in [7, 11) is 0. The summed E-state index contributed by atoms with van der Waals surface area (Å²) in [4.78, 5) is 3.12. The molecule has 1 heterocycles. The van der Waals surface area contributed by atoms with Gasteiger partial charge < -0.3 is 10.0 Å². The SMILES string of the molecule is CC.CCN1CCN(C(O)C(F)(F)F)CC1. The average Bonchev–Trinajstić information content (AvgIpc) is 2.30. The second-order valence-electron chi connectivity index (χ2n) is 3.39. The fourth-order valence-corrected chi connectivity index (χ4v) is 1.53.